The lowest BCUT2D eigenvalue weighted by molar-refractivity contribution is 0.133. The molecule has 2 atom stereocenters. The lowest BCUT2D eigenvalue weighted by atomic mass is 9.87. The zero-order valence-corrected chi connectivity index (χ0v) is 6.52. The van der Waals surface area contributed by atoms with Gasteiger partial charge in [-0.15, -0.1) is 0 Å². The number of aliphatic hydroxyl groups excluding tert-OH is 1. The van der Waals surface area contributed by atoms with Crippen LogP contribution in [0.25, 0.3) is 0 Å². The molecule has 1 saturated carbocycles. The van der Waals surface area contributed by atoms with Gasteiger partial charge in [-0.3, -0.25) is 0 Å². The Morgan fingerprint density at radius 1 is 1.56 bits per heavy atom. The lowest BCUT2D eigenvalue weighted by Crippen LogP contribution is -2.19. The van der Waals surface area contributed by atoms with Crippen molar-refractivity contribution < 1.29 is 5.11 Å². The number of aliphatic hydroxyl groups is 1. The summed E-state index contributed by atoms with van der Waals surface area (Å²) in [5, 5.41) is 8.92. The zero-order chi connectivity index (χ0) is 7.07. The number of hydrogen-bond donors (Lipinski definition) is 1. The Hall–Kier alpha value is -0.0400. The molecule has 0 aromatic carbocycles. The monoisotopic (exact) mass is 128 g/mol. The normalized spacial score (nSPS) is 34.7. The van der Waals surface area contributed by atoms with E-state index in [9.17, 15) is 0 Å². The first kappa shape index (κ1) is 7.07. The van der Waals surface area contributed by atoms with Gasteiger partial charge in [0.15, 0.2) is 0 Å². The van der Waals surface area contributed by atoms with Crippen molar-refractivity contribution in [2.45, 2.75) is 27.2 Å². The SMILES string of the molecule is CC1CC1C(C)(C)CO. The number of rotatable bonds is 2. The highest BCUT2D eigenvalue weighted by atomic mass is 16.3. The maximum absolute atomic E-state index is 8.92. The molecule has 2 unspecified atom stereocenters. The topological polar surface area (TPSA) is 20.2 Å². The van der Waals surface area contributed by atoms with Crippen LogP contribution in [0.2, 0.25) is 0 Å². The molecule has 1 rings (SSSR count). The first-order valence-corrected chi connectivity index (χ1v) is 3.69. The van der Waals surface area contributed by atoms with Crippen molar-refractivity contribution in [3.8, 4) is 0 Å². The van der Waals surface area contributed by atoms with E-state index < -0.39 is 0 Å². The fourth-order valence-electron chi connectivity index (χ4n) is 1.53. The van der Waals surface area contributed by atoms with Gasteiger partial charge in [0.1, 0.15) is 0 Å². The summed E-state index contributed by atoms with van der Waals surface area (Å²) in [6.45, 7) is 6.87. The lowest BCUT2D eigenvalue weighted by Gasteiger charge is -2.20. The molecule has 1 heteroatoms. The van der Waals surface area contributed by atoms with E-state index in [-0.39, 0.29) is 5.41 Å². The van der Waals surface area contributed by atoms with Gasteiger partial charge in [0.25, 0.3) is 0 Å². The van der Waals surface area contributed by atoms with Gasteiger partial charge < -0.3 is 5.11 Å². The van der Waals surface area contributed by atoms with Gasteiger partial charge in [-0.05, 0) is 23.7 Å². The quantitative estimate of drug-likeness (QED) is 0.599. The first-order valence-electron chi connectivity index (χ1n) is 3.69. The average Bonchev–Trinajstić information content (AvgIpc) is 2.47. The van der Waals surface area contributed by atoms with Crippen LogP contribution in [0.1, 0.15) is 27.2 Å². The van der Waals surface area contributed by atoms with Crippen LogP contribution in [0.4, 0.5) is 0 Å². The molecular weight excluding hydrogens is 112 g/mol. The summed E-state index contributed by atoms with van der Waals surface area (Å²) in [5.74, 6) is 1.63. The Bertz CT molecular complexity index is 107. The standard InChI is InChI=1S/C8H16O/c1-6-4-7(6)8(2,3)5-9/h6-7,9H,4-5H2,1-3H3. The van der Waals surface area contributed by atoms with Crippen LogP contribution in [0.5, 0.6) is 0 Å². The summed E-state index contributed by atoms with van der Waals surface area (Å²) >= 11 is 0. The highest BCUT2D eigenvalue weighted by molar-refractivity contribution is 4.93. The van der Waals surface area contributed by atoms with Crippen LogP contribution in [0, 0.1) is 17.3 Å². The molecule has 0 amide bonds. The molecule has 1 nitrogen and oxygen atoms in total. The molecule has 1 fully saturated rings. The first-order chi connectivity index (χ1) is 4.08. The van der Waals surface area contributed by atoms with Crippen LogP contribution in [-0.4, -0.2) is 11.7 Å². The molecule has 1 aliphatic rings. The smallest absolute Gasteiger partial charge is 0.0484 e. The minimum Gasteiger partial charge on any atom is -0.396 e. The summed E-state index contributed by atoms with van der Waals surface area (Å²) in [7, 11) is 0. The van der Waals surface area contributed by atoms with Crippen LogP contribution in [-0.2, 0) is 0 Å². The molecule has 0 aromatic heterocycles. The fourth-order valence-corrected chi connectivity index (χ4v) is 1.53. The largest absolute Gasteiger partial charge is 0.396 e. The maximum atomic E-state index is 8.92. The van der Waals surface area contributed by atoms with Crippen molar-refractivity contribution in [3.63, 3.8) is 0 Å². The van der Waals surface area contributed by atoms with Crippen LogP contribution in [0.3, 0.4) is 0 Å². The van der Waals surface area contributed by atoms with Gasteiger partial charge in [-0.25, -0.2) is 0 Å². The molecule has 1 aliphatic carbocycles. The zero-order valence-electron chi connectivity index (χ0n) is 6.52. The second-order valence-corrected chi connectivity index (χ2v) is 3.97. The van der Waals surface area contributed by atoms with Gasteiger partial charge >= 0.3 is 0 Å². The van der Waals surface area contributed by atoms with Gasteiger partial charge in [0, 0.05) is 6.61 Å². The Morgan fingerprint density at radius 3 is 2.11 bits per heavy atom. The Labute approximate surface area is 57.1 Å². The highest BCUT2D eigenvalue weighted by Crippen LogP contribution is 2.50. The Balaban J connectivity index is 2.41. The fraction of sp³-hybridized carbons (Fsp3) is 1.00. The average molecular weight is 128 g/mol. The molecule has 0 saturated heterocycles. The predicted octanol–water partition coefficient (Wildman–Crippen LogP) is 1.66. The molecular formula is C8H16O. The molecule has 0 bridgehead atoms. The van der Waals surface area contributed by atoms with Crippen LogP contribution >= 0.6 is 0 Å². The van der Waals surface area contributed by atoms with E-state index in [0.29, 0.717) is 6.61 Å². The molecule has 1 N–H and O–H groups in total. The van der Waals surface area contributed by atoms with Crippen molar-refractivity contribution in [1.29, 1.82) is 0 Å². The van der Waals surface area contributed by atoms with E-state index >= 15 is 0 Å². The molecule has 0 aromatic rings. The molecule has 0 heterocycles. The van der Waals surface area contributed by atoms with Crippen molar-refractivity contribution in [2.75, 3.05) is 6.61 Å². The van der Waals surface area contributed by atoms with Crippen molar-refractivity contribution in [1.82, 2.24) is 0 Å². The van der Waals surface area contributed by atoms with Crippen molar-refractivity contribution in [2.24, 2.45) is 17.3 Å². The number of hydrogen-bond acceptors (Lipinski definition) is 1. The van der Waals surface area contributed by atoms with Crippen LogP contribution < -0.4 is 0 Å². The molecule has 0 aliphatic heterocycles. The highest BCUT2D eigenvalue weighted by Gasteiger charge is 2.43. The third kappa shape index (κ3) is 1.26. The van der Waals surface area contributed by atoms with Gasteiger partial charge in [0.05, 0.1) is 0 Å². The maximum Gasteiger partial charge on any atom is 0.0484 e. The third-order valence-electron chi connectivity index (χ3n) is 2.52. The second-order valence-electron chi connectivity index (χ2n) is 3.97. The summed E-state index contributed by atoms with van der Waals surface area (Å²) in [5.41, 5.74) is 0.180. The summed E-state index contributed by atoms with van der Waals surface area (Å²) in [6.07, 6.45) is 1.31. The summed E-state index contributed by atoms with van der Waals surface area (Å²) < 4.78 is 0. The van der Waals surface area contributed by atoms with E-state index in [1.165, 1.54) is 6.42 Å². The predicted molar refractivity (Wildman–Crippen MR) is 38.1 cm³/mol. The van der Waals surface area contributed by atoms with E-state index in [4.69, 9.17) is 5.11 Å². The molecule has 54 valence electrons. The third-order valence-corrected chi connectivity index (χ3v) is 2.52. The summed E-state index contributed by atoms with van der Waals surface area (Å²) in [6, 6.07) is 0. The summed E-state index contributed by atoms with van der Waals surface area (Å²) in [4.78, 5) is 0. The second kappa shape index (κ2) is 1.98. The van der Waals surface area contributed by atoms with E-state index in [2.05, 4.69) is 20.8 Å². The van der Waals surface area contributed by atoms with Gasteiger partial charge in [-0.2, -0.15) is 0 Å². The van der Waals surface area contributed by atoms with Crippen molar-refractivity contribution >= 4 is 0 Å². The van der Waals surface area contributed by atoms with E-state index in [1.807, 2.05) is 0 Å². The van der Waals surface area contributed by atoms with Gasteiger partial charge in [-0.1, -0.05) is 20.8 Å². The minimum atomic E-state index is 0.180. The van der Waals surface area contributed by atoms with E-state index in [1.54, 1.807) is 0 Å². The van der Waals surface area contributed by atoms with E-state index in [0.717, 1.165) is 11.8 Å². The molecule has 9 heavy (non-hydrogen) atoms. The minimum absolute atomic E-state index is 0.180. The molecule has 0 radical (unpaired) electrons. The van der Waals surface area contributed by atoms with Gasteiger partial charge in [0.2, 0.25) is 0 Å². The molecule has 0 spiro atoms. The van der Waals surface area contributed by atoms with Crippen molar-refractivity contribution in [3.05, 3.63) is 0 Å². The Kier molecular flexibility index (Phi) is 1.55. The Morgan fingerprint density at radius 2 is 2.00 bits per heavy atom. The van der Waals surface area contributed by atoms with Crippen LogP contribution in [0.15, 0.2) is 0 Å².